The highest BCUT2D eigenvalue weighted by molar-refractivity contribution is 5.93. The third kappa shape index (κ3) is 4.51. The Morgan fingerprint density at radius 3 is 2.67 bits per heavy atom. The van der Waals surface area contributed by atoms with Crippen LogP contribution in [-0.2, 0) is 9.59 Å². The summed E-state index contributed by atoms with van der Waals surface area (Å²) in [6.45, 7) is 2.95. The number of rotatable bonds is 5. The van der Waals surface area contributed by atoms with Gasteiger partial charge in [0.25, 0.3) is 0 Å². The minimum Gasteiger partial charge on any atom is -0.480 e. The fourth-order valence-corrected chi connectivity index (χ4v) is 2.33. The lowest BCUT2D eigenvalue weighted by molar-refractivity contribution is -0.145. The molecule has 1 aliphatic heterocycles. The molecule has 0 radical (unpaired) electrons. The first-order valence-electron chi connectivity index (χ1n) is 6.91. The summed E-state index contributed by atoms with van der Waals surface area (Å²) >= 11 is 0. The standard InChI is InChI=1S/C14H20N4O3/c1-17-5-7-18(8-6-17)12(14(20)21)9-13(19)16-11-3-2-4-15-10-11/h2-4,10,12H,5-9H2,1H3,(H,16,19)(H,20,21). The molecular weight excluding hydrogens is 272 g/mol. The van der Waals surface area contributed by atoms with Crippen LogP contribution in [0, 0.1) is 0 Å². The summed E-state index contributed by atoms with van der Waals surface area (Å²) in [4.78, 5) is 31.3. The first-order valence-corrected chi connectivity index (χ1v) is 6.91. The third-order valence-electron chi connectivity index (χ3n) is 3.59. The van der Waals surface area contributed by atoms with Crippen molar-refractivity contribution in [3.05, 3.63) is 24.5 Å². The lowest BCUT2D eigenvalue weighted by Crippen LogP contribution is -2.52. The van der Waals surface area contributed by atoms with Crippen LogP contribution in [0.3, 0.4) is 0 Å². The molecule has 7 heteroatoms. The molecule has 1 amide bonds. The summed E-state index contributed by atoms with van der Waals surface area (Å²) in [5.74, 6) is -1.27. The van der Waals surface area contributed by atoms with Gasteiger partial charge in [-0.2, -0.15) is 0 Å². The normalized spacial score (nSPS) is 18.1. The van der Waals surface area contributed by atoms with Gasteiger partial charge in [-0.15, -0.1) is 0 Å². The highest BCUT2D eigenvalue weighted by Crippen LogP contribution is 2.11. The number of likely N-dealkylation sites (N-methyl/N-ethyl adjacent to an activating group) is 1. The number of piperazine rings is 1. The number of nitrogens with one attached hydrogen (secondary N) is 1. The Morgan fingerprint density at radius 2 is 2.10 bits per heavy atom. The number of anilines is 1. The molecule has 2 heterocycles. The Balaban J connectivity index is 1.93. The monoisotopic (exact) mass is 292 g/mol. The Labute approximate surface area is 123 Å². The molecule has 1 saturated heterocycles. The predicted molar refractivity (Wildman–Crippen MR) is 78.0 cm³/mol. The van der Waals surface area contributed by atoms with Gasteiger partial charge in [-0.25, -0.2) is 0 Å². The van der Waals surface area contributed by atoms with Crippen molar-refractivity contribution in [1.29, 1.82) is 0 Å². The van der Waals surface area contributed by atoms with Crippen LogP contribution >= 0.6 is 0 Å². The van der Waals surface area contributed by atoms with E-state index in [0.717, 1.165) is 13.1 Å². The molecule has 2 rings (SSSR count). The molecule has 1 unspecified atom stereocenters. The number of aliphatic carboxylic acids is 1. The predicted octanol–water partition coefficient (Wildman–Crippen LogP) is 0.111. The van der Waals surface area contributed by atoms with Crippen molar-refractivity contribution in [2.75, 3.05) is 38.5 Å². The van der Waals surface area contributed by atoms with Crippen LogP contribution in [0.5, 0.6) is 0 Å². The molecule has 0 aromatic carbocycles. The van der Waals surface area contributed by atoms with Crippen LogP contribution in [0.2, 0.25) is 0 Å². The van der Waals surface area contributed by atoms with Gasteiger partial charge in [-0.1, -0.05) is 0 Å². The number of aromatic nitrogens is 1. The van der Waals surface area contributed by atoms with Crippen molar-refractivity contribution < 1.29 is 14.7 Å². The highest BCUT2D eigenvalue weighted by atomic mass is 16.4. The second-order valence-electron chi connectivity index (χ2n) is 5.19. The van der Waals surface area contributed by atoms with Gasteiger partial charge in [0, 0.05) is 32.4 Å². The molecule has 1 atom stereocenters. The number of carbonyl (C=O) groups is 2. The molecule has 114 valence electrons. The molecule has 7 nitrogen and oxygen atoms in total. The van der Waals surface area contributed by atoms with E-state index in [1.54, 1.807) is 18.3 Å². The number of carboxylic acids is 1. The number of pyridine rings is 1. The van der Waals surface area contributed by atoms with Crippen molar-refractivity contribution in [3.8, 4) is 0 Å². The summed E-state index contributed by atoms with van der Waals surface area (Å²) in [5, 5.41) is 12.0. The largest absolute Gasteiger partial charge is 0.480 e. The van der Waals surface area contributed by atoms with Crippen LogP contribution in [0.4, 0.5) is 5.69 Å². The van der Waals surface area contributed by atoms with Gasteiger partial charge in [0.15, 0.2) is 0 Å². The molecule has 1 aromatic rings. The van der Waals surface area contributed by atoms with Gasteiger partial charge in [0.1, 0.15) is 6.04 Å². The zero-order chi connectivity index (χ0) is 15.2. The average molecular weight is 292 g/mol. The SMILES string of the molecule is CN1CCN(C(CC(=O)Nc2cccnc2)C(=O)O)CC1. The number of carboxylic acid groups (broad SMARTS) is 1. The van der Waals surface area contributed by atoms with E-state index < -0.39 is 12.0 Å². The van der Waals surface area contributed by atoms with Crippen molar-refractivity contribution >= 4 is 17.6 Å². The van der Waals surface area contributed by atoms with Crippen molar-refractivity contribution in [2.24, 2.45) is 0 Å². The number of hydrogen-bond donors (Lipinski definition) is 2. The van der Waals surface area contributed by atoms with Crippen molar-refractivity contribution in [3.63, 3.8) is 0 Å². The van der Waals surface area contributed by atoms with E-state index in [1.807, 2.05) is 11.9 Å². The second-order valence-corrected chi connectivity index (χ2v) is 5.19. The van der Waals surface area contributed by atoms with Gasteiger partial charge in [-0.3, -0.25) is 19.5 Å². The van der Waals surface area contributed by atoms with Gasteiger partial charge in [0.05, 0.1) is 18.3 Å². The van der Waals surface area contributed by atoms with E-state index in [-0.39, 0.29) is 12.3 Å². The Hall–Kier alpha value is -1.99. The van der Waals surface area contributed by atoms with Crippen LogP contribution < -0.4 is 5.32 Å². The first-order chi connectivity index (χ1) is 10.1. The fourth-order valence-electron chi connectivity index (χ4n) is 2.33. The quantitative estimate of drug-likeness (QED) is 0.801. The van der Waals surface area contributed by atoms with Crippen molar-refractivity contribution in [2.45, 2.75) is 12.5 Å². The first kappa shape index (κ1) is 15.4. The maximum Gasteiger partial charge on any atom is 0.321 e. The van der Waals surface area contributed by atoms with E-state index in [1.165, 1.54) is 6.20 Å². The number of nitrogens with zero attached hydrogens (tertiary/aromatic N) is 3. The maximum atomic E-state index is 12.0. The molecule has 0 bridgehead atoms. The number of hydrogen-bond acceptors (Lipinski definition) is 5. The van der Waals surface area contributed by atoms with E-state index in [4.69, 9.17) is 0 Å². The Morgan fingerprint density at radius 1 is 1.38 bits per heavy atom. The van der Waals surface area contributed by atoms with E-state index >= 15 is 0 Å². The number of carbonyl (C=O) groups excluding carboxylic acids is 1. The zero-order valence-electron chi connectivity index (χ0n) is 12.0. The molecule has 1 aliphatic rings. The maximum absolute atomic E-state index is 12.0. The molecule has 21 heavy (non-hydrogen) atoms. The smallest absolute Gasteiger partial charge is 0.321 e. The summed E-state index contributed by atoms with van der Waals surface area (Å²) in [6.07, 6.45) is 3.08. The summed E-state index contributed by atoms with van der Waals surface area (Å²) < 4.78 is 0. The van der Waals surface area contributed by atoms with Gasteiger partial charge >= 0.3 is 5.97 Å². The fraction of sp³-hybridized carbons (Fsp3) is 0.500. The summed E-state index contributed by atoms with van der Waals surface area (Å²) in [6, 6.07) is 2.65. The topological polar surface area (TPSA) is 85.8 Å². The number of amides is 1. The molecule has 1 fully saturated rings. The molecule has 0 spiro atoms. The minimum absolute atomic E-state index is 0.0616. The Kier molecular flexibility index (Phi) is 5.24. The Bertz CT molecular complexity index is 486. The summed E-state index contributed by atoms with van der Waals surface area (Å²) in [7, 11) is 2.00. The van der Waals surface area contributed by atoms with Gasteiger partial charge in [-0.05, 0) is 19.2 Å². The zero-order valence-corrected chi connectivity index (χ0v) is 12.0. The van der Waals surface area contributed by atoms with Crippen LogP contribution in [0.25, 0.3) is 0 Å². The molecule has 0 aliphatic carbocycles. The molecule has 0 saturated carbocycles. The highest BCUT2D eigenvalue weighted by Gasteiger charge is 2.30. The van der Waals surface area contributed by atoms with Crippen molar-refractivity contribution in [1.82, 2.24) is 14.8 Å². The van der Waals surface area contributed by atoms with Gasteiger partial charge in [0.2, 0.25) is 5.91 Å². The average Bonchev–Trinajstić information content (AvgIpc) is 2.47. The third-order valence-corrected chi connectivity index (χ3v) is 3.59. The van der Waals surface area contributed by atoms with Crippen LogP contribution in [-0.4, -0.2) is 71.0 Å². The molecule has 2 N–H and O–H groups in total. The minimum atomic E-state index is -0.958. The lowest BCUT2D eigenvalue weighted by atomic mass is 10.1. The van der Waals surface area contributed by atoms with E-state index in [2.05, 4.69) is 15.2 Å². The van der Waals surface area contributed by atoms with E-state index in [9.17, 15) is 14.7 Å². The van der Waals surface area contributed by atoms with Crippen LogP contribution in [0.1, 0.15) is 6.42 Å². The molecule has 1 aromatic heterocycles. The lowest BCUT2D eigenvalue weighted by Gasteiger charge is -2.35. The second kappa shape index (κ2) is 7.14. The van der Waals surface area contributed by atoms with E-state index in [0.29, 0.717) is 18.8 Å². The summed E-state index contributed by atoms with van der Waals surface area (Å²) in [5.41, 5.74) is 0.574. The molecular formula is C14H20N4O3. The van der Waals surface area contributed by atoms with Crippen LogP contribution in [0.15, 0.2) is 24.5 Å². The van der Waals surface area contributed by atoms with Gasteiger partial charge < -0.3 is 15.3 Å².